The zero-order valence-electron chi connectivity index (χ0n) is 13.1. The molecule has 2 N–H and O–H groups in total. The van der Waals surface area contributed by atoms with Crippen LogP contribution >= 0.6 is 15.9 Å². The highest BCUT2D eigenvalue weighted by atomic mass is 79.9. The third-order valence-corrected chi connectivity index (χ3v) is 3.24. The van der Waals surface area contributed by atoms with Gasteiger partial charge in [-0.05, 0) is 44.9 Å². The second-order valence-electron chi connectivity index (χ2n) is 6.10. The van der Waals surface area contributed by atoms with Gasteiger partial charge in [0.1, 0.15) is 5.60 Å². The topological polar surface area (TPSA) is 75.6 Å². The fourth-order valence-corrected chi connectivity index (χ4v) is 2.43. The quantitative estimate of drug-likeness (QED) is 0.720. The molecule has 0 bridgehead atoms. The Morgan fingerprint density at radius 2 is 2.05 bits per heavy atom. The van der Waals surface area contributed by atoms with Crippen molar-refractivity contribution in [2.75, 3.05) is 6.54 Å². The number of benzene rings is 1. The molecule has 0 aliphatic rings. The average Bonchev–Trinajstić information content (AvgIpc) is 2.33. The van der Waals surface area contributed by atoms with Gasteiger partial charge in [0.05, 0.1) is 13.0 Å². The molecule has 0 aromatic heterocycles. The monoisotopic (exact) mass is 371 g/mol. The van der Waals surface area contributed by atoms with Gasteiger partial charge in [0.2, 0.25) is 0 Å². The Kier molecular flexibility index (Phi) is 7.03. The lowest BCUT2D eigenvalue weighted by Crippen LogP contribution is -2.39. The molecular formula is C16H22BrNO4. The SMILES string of the molecule is CC(C)(C)OC(=O)CNC(CC(=O)O)Cc1cccc(Br)c1. The first-order chi connectivity index (χ1) is 10.2. The number of hydrogen-bond acceptors (Lipinski definition) is 4. The molecule has 6 heteroatoms. The molecule has 0 fully saturated rings. The van der Waals surface area contributed by atoms with Crippen molar-refractivity contribution in [1.29, 1.82) is 0 Å². The molecule has 0 spiro atoms. The van der Waals surface area contributed by atoms with Crippen LogP contribution in [0.5, 0.6) is 0 Å². The van der Waals surface area contributed by atoms with Crippen molar-refractivity contribution in [3.63, 3.8) is 0 Å². The van der Waals surface area contributed by atoms with E-state index in [2.05, 4.69) is 21.2 Å². The average molecular weight is 372 g/mol. The Labute approximate surface area is 139 Å². The van der Waals surface area contributed by atoms with Crippen LogP contribution in [-0.2, 0) is 20.7 Å². The standard InChI is InChI=1S/C16H22BrNO4/c1-16(2,3)22-15(21)10-18-13(9-14(19)20)8-11-5-4-6-12(17)7-11/h4-7,13,18H,8-10H2,1-3H3,(H,19,20). The summed E-state index contributed by atoms with van der Waals surface area (Å²) >= 11 is 3.39. The van der Waals surface area contributed by atoms with Crippen molar-refractivity contribution in [3.05, 3.63) is 34.3 Å². The van der Waals surface area contributed by atoms with Crippen LogP contribution in [0.3, 0.4) is 0 Å². The van der Waals surface area contributed by atoms with Crippen LogP contribution in [0.2, 0.25) is 0 Å². The molecule has 0 saturated heterocycles. The summed E-state index contributed by atoms with van der Waals surface area (Å²) in [6, 6.07) is 7.33. The number of carbonyl (C=O) groups excluding carboxylic acids is 1. The molecule has 1 rings (SSSR count). The summed E-state index contributed by atoms with van der Waals surface area (Å²) in [6.45, 7) is 5.37. The Balaban J connectivity index is 2.61. The number of hydrogen-bond donors (Lipinski definition) is 2. The van der Waals surface area contributed by atoms with Crippen LogP contribution in [-0.4, -0.2) is 35.2 Å². The number of nitrogens with one attached hydrogen (secondary N) is 1. The zero-order chi connectivity index (χ0) is 16.8. The predicted octanol–water partition coefficient (Wildman–Crippen LogP) is 2.77. The maximum atomic E-state index is 11.7. The lowest BCUT2D eigenvalue weighted by molar-refractivity contribution is -0.154. The summed E-state index contributed by atoms with van der Waals surface area (Å²) in [5.74, 6) is -1.30. The van der Waals surface area contributed by atoms with Gasteiger partial charge in [-0.2, -0.15) is 0 Å². The Morgan fingerprint density at radius 3 is 2.59 bits per heavy atom. The van der Waals surface area contributed by atoms with Crippen LogP contribution < -0.4 is 5.32 Å². The van der Waals surface area contributed by atoms with Gasteiger partial charge in [0.15, 0.2) is 0 Å². The molecule has 22 heavy (non-hydrogen) atoms. The molecule has 1 atom stereocenters. The van der Waals surface area contributed by atoms with Crippen molar-refractivity contribution in [1.82, 2.24) is 5.32 Å². The molecule has 0 amide bonds. The van der Waals surface area contributed by atoms with Gasteiger partial charge < -0.3 is 15.2 Å². The summed E-state index contributed by atoms with van der Waals surface area (Å²) in [4.78, 5) is 22.7. The minimum Gasteiger partial charge on any atom is -0.481 e. The van der Waals surface area contributed by atoms with Gasteiger partial charge in [-0.25, -0.2) is 0 Å². The predicted molar refractivity (Wildman–Crippen MR) is 87.7 cm³/mol. The highest BCUT2D eigenvalue weighted by molar-refractivity contribution is 9.10. The van der Waals surface area contributed by atoms with Crippen LogP contribution in [0, 0.1) is 0 Å². The largest absolute Gasteiger partial charge is 0.481 e. The second-order valence-corrected chi connectivity index (χ2v) is 7.01. The molecule has 0 heterocycles. The lowest BCUT2D eigenvalue weighted by Gasteiger charge is -2.21. The van der Waals surface area contributed by atoms with Gasteiger partial charge in [-0.1, -0.05) is 28.1 Å². The molecule has 0 radical (unpaired) electrons. The van der Waals surface area contributed by atoms with Gasteiger partial charge in [0.25, 0.3) is 0 Å². The van der Waals surface area contributed by atoms with Crippen LogP contribution in [0.25, 0.3) is 0 Å². The summed E-state index contributed by atoms with van der Waals surface area (Å²) in [7, 11) is 0. The Bertz CT molecular complexity index is 525. The molecule has 0 saturated carbocycles. The lowest BCUT2D eigenvalue weighted by atomic mass is 10.0. The minimum atomic E-state index is -0.906. The van der Waals surface area contributed by atoms with E-state index in [1.165, 1.54) is 0 Å². The summed E-state index contributed by atoms with van der Waals surface area (Å²) in [6.07, 6.45) is 0.462. The van der Waals surface area contributed by atoms with E-state index in [0.717, 1.165) is 10.0 Å². The summed E-state index contributed by atoms with van der Waals surface area (Å²) in [5, 5.41) is 12.0. The van der Waals surface area contributed by atoms with E-state index in [0.29, 0.717) is 6.42 Å². The molecule has 0 aliphatic heterocycles. The highest BCUT2D eigenvalue weighted by Gasteiger charge is 2.19. The van der Waals surface area contributed by atoms with Crippen molar-refractivity contribution in [2.24, 2.45) is 0 Å². The number of carboxylic acids is 1. The van der Waals surface area contributed by atoms with E-state index in [1.807, 2.05) is 24.3 Å². The minimum absolute atomic E-state index is 0.0107. The van der Waals surface area contributed by atoms with Crippen molar-refractivity contribution < 1.29 is 19.4 Å². The molecule has 1 aromatic carbocycles. The Hall–Kier alpha value is -1.40. The second kappa shape index (κ2) is 8.29. The molecule has 0 aliphatic carbocycles. The maximum Gasteiger partial charge on any atom is 0.320 e. The van der Waals surface area contributed by atoms with Gasteiger partial charge in [-0.15, -0.1) is 0 Å². The number of carbonyl (C=O) groups is 2. The number of aliphatic carboxylic acids is 1. The van der Waals surface area contributed by atoms with Crippen LogP contribution in [0.1, 0.15) is 32.8 Å². The molecule has 122 valence electrons. The normalized spacial score (nSPS) is 12.7. The van der Waals surface area contributed by atoms with E-state index >= 15 is 0 Å². The fraction of sp³-hybridized carbons (Fsp3) is 0.500. The smallest absolute Gasteiger partial charge is 0.320 e. The number of halogens is 1. The zero-order valence-corrected chi connectivity index (χ0v) is 14.6. The summed E-state index contributed by atoms with van der Waals surface area (Å²) < 4.78 is 6.14. The van der Waals surface area contributed by atoms with Crippen LogP contribution in [0.15, 0.2) is 28.7 Å². The highest BCUT2D eigenvalue weighted by Crippen LogP contribution is 2.14. The first kappa shape index (κ1) is 18.6. The molecule has 1 aromatic rings. The van der Waals surface area contributed by atoms with Crippen molar-refractivity contribution in [3.8, 4) is 0 Å². The van der Waals surface area contributed by atoms with Crippen LogP contribution in [0.4, 0.5) is 0 Å². The van der Waals surface area contributed by atoms with Gasteiger partial charge in [-0.3, -0.25) is 9.59 Å². The Morgan fingerprint density at radius 1 is 1.36 bits per heavy atom. The molecular weight excluding hydrogens is 350 g/mol. The number of carboxylic acid groups (broad SMARTS) is 1. The van der Waals surface area contributed by atoms with E-state index in [-0.39, 0.29) is 19.0 Å². The van der Waals surface area contributed by atoms with E-state index < -0.39 is 17.5 Å². The third kappa shape index (κ3) is 8.14. The summed E-state index contributed by atoms with van der Waals surface area (Å²) in [5.41, 5.74) is 0.447. The fourth-order valence-electron chi connectivity index (χ4n) is 1.98. The van der Waals surface area contributed by atoms with E-state index in [9.17, 15) is 9.59 Å². The molecule has 1 unspecified atom stereocenters. The first-order valence-electron chi connectivity index (χ1n) is 7.07. The van der Waals surface area contributed by atoms with E-state index in [1.54, 1.807) is 20.8 Å². The molecule has 5 nitrogen and oxygen atoms in total. The number of ether oxygens (including phenoxy) is 1. The van der Waals surface area contributed by atoms with Crippen molar-refractivity contribution in [2.45, 2.75) is 45.3 Å². The van der Waals surface area contributed by atoms with Gasteiger partial charge in [0, 0.05) is 10.5 Å². The third-order valence-electron chi connectivity index (χ3n) is 2.75. The number of rotatable bonds is 7. The maximum absolute atomic E-state index is 11.7. The first-order valence-corrected chi connectivity index (χ1v) is 7.86. The van der Waals surface area contributed by atoms with E-state index in [4.69, 9.17) is 9.84 Å². The van der Waals surface area contributed by atoms with Gasteiger partial charge >= 0.3 is 11.9 Å². The number of esters is 1. The van der Waals surface area contributed by atoms with Crippen molar-refractivity contribution >= 4 is 27.9 Å².